The zero-order valence-electron chi connectivity index (χ0n) is 15.7. The van der Waals surface area contributed by atoms with Gasteiger partial charge in [-0.3, -0.25) is 4.57 Å². The van der Waals surface area contributed by atoms with Crippen LogP contribution in [0.2, 0.25) is 0 Å². The molecule has 27 heavy (non-hydrogen) atoms. The molecule has 2 N–H and O–H groups in total. The highest BCUT2D eigenvalue weighted by Gasteiger charge is 2.22. The Balaban J connectivity index is 2.11. The minimum absolute atomic E-state index is 0.0548. The molecule has 7 heteroatoms. The molecule has 3 rings (SSSR count). The summed E-state index contributed by atoms with van der Waals surface area (Å²) >= 11 is 4.45. The van der Waals surface area contributed by atoms with E-state index in [1.165, 1.54) is 6.07 Å². The smallest absolute Gasteiger partial charge is 0.188 e. The van der Waals surface area contributed by atoms with E-state index in [-0.39, 0.29) is 23.5 Å². The molecular formula is C20H23N3O3S. The summed E-state index contributed by atoms with van der Waals surface area (Å²) in [5, 5.41) is 29.3. The van der Waals surface area contributed by atoms with E-state index in [1.54, 1.807) is 13.2 Å². The van der Waals surface area contributed by atoms with Crippen molar-refractivity contribution in [3.05, 3.63) is 47.5 Å². The first-order chi connectivity index (χ1) is 12.8. The highest BCUT2D eigenvalue weighted by Crippen LogP contribution is 2.39. The molecule has 0 fully saturated rings. The number of aromatic hydroxyl groups is 2. The van der Waals surface area contributed by atoms with Crippen LogP contribution >= 0.6 is 12.6 Å². The van der Waals surface area contributed by atoms with Gasteiger partial charge in [0.15, 0.2) is 11.0 Å². The minimum Gasteiger partial charge on any atom is -0.508 e. The quantitative estimate of drug-likeness (QED) is 0.568. The average molecular weight is 385 g/mol. The van der Waals surface area contributed by atoms with Gasteiger partial charge in [-0.15, -0.1) is 22.8 Å². The lowest BCUT2D eigenvalue weighted by Crippen LogP contribution is -2.09. The Morgan fingerprint density at radius 2 is 1.67 bits per heavy atom. The number of ether oxygens (including phenoxy) is 1. The molecular weight excluding hydrogens is 362 g/mol. The van der Waals surface area contributed by atoms with Crippen LogP contribution in [0.15, 0.2) is 41.6 Å². The average Bonchev–Trinajstić information content (AvgIpc) is 3.02. The standard InChI is InChI=1S/C20H23N3O3S/c1-11(2)15-9-16(18(25)10-17(15)24)19-21-22-20(27)23(19)12(3)13-5-7-14(26-4)8-6-13/h5-12,24-25H,1-4H3,(H,22,27)/t12-/m1/s1. The topological polar surface area (TPSA) is 80.4 Å². The summed E-state index contributed by atoms with van der Waals surface area (Å²) in [5.41, 5.74) is 2.26. The van der Waals surface area contributed by atoms with Crippen molar-refractivity contribution in [2.24, 2.45) is 0 Å². The number of aromatic nitrogens is 3. The van der Waals surface area contributed by atoms with Gasteiger partial charge in [-0.2, -0.15) is 0 Å². The van der Waals surface area contributed by atoms with Gasteiger partial charge in [-0.1, -0.05) is 26.0 Å². The second-order valence-electron chi connectivity index (χ2n) is 6.73. The molecule has 0 aliphatic carbocycles. The minimum atomic E-state index is -0.121. The number of phenolic OH excluding ortho intramolecular Hbond substituents is 2. The van der Waals surface area contributed by atoms with Gasteiger partial charge < -0.3 is 14.9 Å². The van der Waals surface area contributed by atoms with Crippen LogP contribution in [0.3, 0.4) is 0 Å². The lowest BCUT2D eigenvalue weighted by molar-refractivity contribution is 0.414. The molecule has 142 valence electrons. The fourth-order valence-electron chi connectivity index (χ4n) is 3.09. The van der Waals surface area contributed by atoms with Crippen LogP contribution in [-0.4, -0.2) is 32.1 Å². The Bertz CT molecular complexity index is 952. The molecule has 0 saturated heterocycles. The van der Waals surface area contributed by atoms with Crippen LogP contribution in [0.5, 0.6) is 17.2 Å². The second kappa shape index (κ2) is 7.52. The fraction of sp³-hybridized carbons (Fsp3) is 0.300. The summed E-state index contributed by atoms with van der Waals surface area (Å²) < 4.78 is 7.06. The van der Waals surface area contributed by atoms with E-state index in [1.807, 2.05) is 49.6 Å². The molecule has 6 nitrogen and oxygen atoms in total. The zero-order valence-corrected chi connectivity index (χ0v) is 16.6. The maximum absolute atomic E-state index is 10.4. The first kappa shape index (κ1) is 19.1. The molecule has 1 atom stereocenters. The number of benzene rings is 2. The first-order valence-corrected chi connectivity index (χ1v) is 9.12. The largest absolute Gasteiger partial charge is 0.508 e. The Morgan fingerprint density at radius 3 is 2.26 bits per heavy atom. The monoisotopic (exact) mass is 385 g/mol. The summed E-state index contributed by atoms with van der Waals surface area (Å²) in [6, 6.07) is 10.7. The van der Waals surface area contributed by atoms with E-state index < -0.39 is 0 Å². The first-order valence-electron chi connectivity index (χ1n) is 8.67. The number of methoxy groups -OCH3 is 1. The molecule has 0 unspecified atom stereocenters. The van der Waals surface area contributed by atoms with E-state index in [4.69, 9.17) is 4.74 Å². The molecule has 1 heterocycles. The number of thiol groups is 1. The van der Waals surface area contributed by atoms with Gasteiger partial charge in [0.25, 0.3) is 0 Å². The highest BCUT2D eigenvalue weighted by atomic mass is 32.1. The summed E-state index contributed by atoms with van der Waals surface area (Å²) in [7, 11) is 1.63. The summed E-state index contributed by atoms with van der Waals surface area (Å²) in [5.74, 6) is 1.36. The van der Waals surface area contributed by atoms with Gasteiger partial charge in [-0.05, 0) is 42.2 Å². The molecule has 0 aliphatic rings. The lowest BCUT2D eigenvalue weighted by atomic mass is 9.98. The third-order valence-corrected chi connectivity index (χ3v) is 4.98. The van der Waals surface area contributed by atoms with Crippen molar-refractivity contribution < 1.29 is 14.9 Å². The molecule has 2 aromatic carbocycles. The van der Waals surface area contributed by atoms with Gasteiger partial charge in [0.05, 0.1) is 18.7 Å². The zero-order chi connectivity index (χ0) is 19.7. The molecule has 0 bridgehead atoms. The predicted octanol–water partition coefficient (Wildman–Crippen LogP) is 4.39. The van der Waals surface area contributed by atoms with Crippen molar-refractivity contribution >= 4 is 12.6 Å². The van der Waals surface area contributed by atoms with Gasteiger partial charge in [0.2, 0.25) is 0 Å². The molecule has 1 aromatic heterocycles. The van der Waals surface area contributed by atoms with Crippen LogP contribution in [0.25, 0.3) is 11.4 Å². The Kier molecular flexibility index (Phi) is 5.32. The van der Waals surface area contributed by atoms with Gasteiger partial charge in [-0.25, -0.2) is 0 Å². The molecule has 0 aliphatic heterocycles. The predicted molar refractivity (Wildman–Crippen MR) is 107 cm³/mol. The molecule has 0 spiro atoms. The maximum atomic E-state index is 10.4. The molecule has 0 amide bonds. The lowest BCUT2D eigenvalue weighted by Gasteiger charge is -2.19. The van der Waals surface area contributed by atoms with Crippen molar-refractivity contribution in [2.45, 2.75) is 37.9 Å². The van der Waals surface area contributed by atoms with E-state index in [0.29, 0.717) is 16.5 Å². The van der Waals surface area contributed by atoms with E-state index >= 15 is 0 Å². The number of hydrogen-bond acceptors (Lipinski definition) is 6. The number of phenols is 2. The Labute approximate surface area is 163 Å². The van der Waals surface area contributed by atoms with E-state index in [2.05, 4.69) is 22.8 Å². The molecule has 0 saturated carbocycles. The van der Waals surface area contributed by atoms with Crippen molar-refractivity contribution in [1.82, 2.24) is 14.8 Å². The van der Waals surface area contributed by atoms with Gasteiger partial charge in [0, 0.05) is 6.07 Å². The number of rotatable bonds is 5. The van der Waals surface area contributed by atoms with Crippen molar-refractivity contribution in [2.75, 3.05) is 7.11 Å². The van der Waals surface area contributed by atoms with Crippen molar-refractivity contribution in [1.29, 1.82) is 0 Å². The Morgan fingerprint density at radius 1 is 1.00 bits per heavy atom. The van der Waals surface area contributed by atoms with Crippen molar-refractivity contribution in [3.63, 3.8) is 0 Å². The summed E-state index contributed by atoms with van der Waals surface area (Å²) in [4.78, 5) is 0. The summed E-state index contributed by atoms with van der Waals surface area (Å²) in [6.45, 7) is 5.96. The highest BCUT2D eigenvalue weighted by molar-refractivity contribution is 7.80. The van der Waals surface area contributed by atoms with Gasteiger partial charge in [0.1, 0.15) is 17.2 Å². The normalized spacial score (nSPS) is 12.4. The molecule has 3 aromatic rings. The Hall–Kier alpha value is -2.67. The van der Waals surface area contributed by atoms with Crippen LogP contribution in [0.1, 0.15) is 43.9 Å². The number of hydrogen-bond donors (Lipinski definition) is 3. The van der Waals surface area contributed by atoms with Crippen molar-refractivity contribution in [3.8, 4) is 28.6 Å². The van der Waals surface area contributed by atoms with Gasteiger partial charge >= 0.3 is 0 Å². The second-order valence-corrected chi connectivity index (χ2v) is 7.13. The van der Waals surface area contributed by atoms with E-state index in [9.17, 15) is 10.2 Å². The van der Waals surface area contributed by atoms with Crippen LogP contribution in [-0.2, 0) is 0 Å². The number of nitrogens with zero attached hydrogens (tertiary/aromatic N) is 3. The molecule has 0 radical (unpaired) electrons. The fourth-order valence-corrected chi connectivity index (χ4v) is 3.40. The van der Waals surface area contributed by atoms with Crippen LogP contribution in [0.4, 0.5) is 0 Å². The summed E-state index contributed by atoms with van der Waals surface area (Å²) in [6.07, 6.45) is 0. The van der Waals surface area contributed by atoms with E-state index in [0.717, 1.165) is 16.9 Å². The van der Waals surface area contributed by atoms with Crippen LogP contribution in [0, 0.1) is 0 Å². The SMILES string of the molecule is COc1ccc([C@@H](C)n2c(S)nnc2-c2cc(C(C)C)c(O)cc2O)cc1. The third-order valence-electron chi connectivity index (χ3n) is 4.67. The van der Waals surface area contributed by atoms with Crippen LogP contribution < -0.4 is 4.74 Å². The maximum Gasteiger partial charge on any atom is 0.188 e. The third kappa shape index (κ3) is 3.60.